The van der Waals surface area contributed by atoms with Crippen molar-refractivity contribution in [2.75, 3.05) is 20.7 Å². The van der Waals surface area contributed by atoms with Gasteiger partial charge in [0.1, 0.15) is 11.6 Å². The highest BCUT2D eigenvalue weighted by atomic mass is 19.1. The highest BCUT2D eigenvalue weighted by molar-refractivity contribution is 5.98. The number of carbonyl (C=O) groups excluding carboxylic acids is 1. The summed E-state index contributed by atoms with van der Waals surface area (Å²) in [5.74, 6) is -0.266. The highest BCUT2D eigenvalue weighted by Gasteiger charge is 2.13. The molecule has 0 bridgehead atoms. The van der Waals surface area contributed by atoms with Gasteiger partial charge in [-0.25, -0.2) is 4.39 Å². The van der Waals surface area contributed by atoms with Crippen molar-refractivity contribution in [3.63, 3.8) is 0 Å². The van der Waals surface area contributed by atoms with Gasteiger partial charge in [0.05, 0.1) is 19.2 Å². The molecule has 15 heavy (non-hydrogen) atoms. The first-order valence-electron chi connectivity index (χ1n) is 4.62. The van der Waals surface area contributed by atoms with Gasteiger partial charge in [0.15, 0.2) is 5.78 Å². The zero-order valence-corrected chi connectivity index (χ0v) is 9.06. The number of carbonyl (C=O) groups is 1. The standard InChI is InChI=1S/C11H14FNO2/c1-7-4-9(12)8(5-11(7)15-3)10(14)6-13-2/h4-5,13H,6H2,1-3H3. The Hall–Kier alpha value is -1.42. The molecule has 1 aromatic rings. The predicted molar refractivity (Wildman–Crippen MR) is 55.9 cm³/mol. The van der Waals surface area contributed by atoms with E-state index in [0.29, 0.717) is 11.3 Å². The number of halogens is 1. The van der Waals surface area contributed by atoms with Gasteiger partial charge < -0.3 is 10.1 Å². The van der Waals surface area contributed by atoms with Gasteiger partial charge in [-0.3, -0.25) is 4.79 Å². The fourth-order valence-corrected chi connectivity index (χ4v) is 1.34. The first-order valence-corrected chi connectivity index (χ1v) is 4.62. The van der Waals surface area contributed by atoms with E-state index in [1.54, 1.807) is 14.0 Å². The van der Waals surface area contributed by atoms with Crippen LogP contribution in [0, 0.1) is 12.7 Å². The molecule has 82 valence electrons. The lowest BCUT2D eigenvalue weighted by Gasteiger charge is -2.08. The molecule has 0 aliphatic heterocycles. The minimum absolute atomic E-state index is 0.0619. The molecular formula is C11H14FNO2. The average molecular weight is 211 g/mol. The highest BCUT2D eigenvalue weighted by Crippen LogP contribution is 2.22. The third-order valence-corrected chi connectivity index (χ3v) is 2.12. The SMILES string of the molecule is CNCC(=O)c1cc(OC)c(C)cc1F. The minimum atomic E-state index is -0.506. The van der Waals surface area contributed by atoms with E-state index in [1.165, 1.54) is 19.2 Å². The molecule has 3 nitrogen and oxygen atoms in total. The van der Waals surface area contributed by atoms with E-state index in [2.05, 4.69) is 5.32 Å². The Morgan fingerprint density at radius 3 is 2.73 bits per heavy atom. The second kappa shape index (κ2) is 4.89. The number of likely N-dealkylation sites (N-methyl/N-ethyl adjacent to an activating group) is 1. The topological polar surface area (TPSA) is 38.3 Å². The lowest BCUT2D eigenvalue weighted by atomic mass is 10.1. The summed E-state index contributed by atoms with van der Waals surface area (Å²) in [6.45, 7) is 1.84. The second-order valence-electron chi connectivity index (χ2n) is 3.26. The Labute approximate surface area is 88.2 Å². The molecule has 1 aromatic carbocycles. The molecule has 0 fully saturated rings. The summed E-state index contributed by atoms with van der Waals surface area (Å²) >= 11 is 0. The third kappa shape index (κ3) is 2.53. The van der Waals surface area contributed by atoms with Crippen molar-refractivity contribution < 1.29 is 13.9 Å². The fraction of sp³-hybridized carbons (Fsp3) is 0.364. The number of rotatable bonds is 4. The molecule has 0 spiro atoms. The largest absolute Gasteiger partial charge is 0.496 e. The normalized spacial score (nSPS) is 10.1. The van der Waals surface area contributed by atoms with Crippen LogP contribution in [-0.2, 0) is 0 Å². The molecule has 0 amide bonds. The summed E-state index contributed by atoms with van der Waals surface area (Å²) in [5.41, 5.74) is 0.739. The Balaban J connectivity index is 3.12. The lowest BCUT2D eigenvalue weighted by Crippen LogP contribution is -2.19. The smallest absolute Gasteiger partial charge is 0.179 e. The zero-order chi connectivity index (χ0) is 11.4. The molecule has 0 heterocycles. The molecule has 0 aromatic heterocycles. The summed E-state index contributed by atoms with van der Waals surface area (Å²) in [6.07, 6.45) is 0. The van der Waals surface area contributed by atoms with Crippen LogP contribution < -0.4 is 10.1 Å². The number of nitrogens with one attached hydrogen (secondary N) is 1. The maximum atomic E-state index is 13.4. The lowest BCUT2D eigenvalue weighted by molar-refractivity contribution is 0.0989. The van der Waals surface area contributed by atoms with Crippen molar-refractivity contribution in [2.24, 2.45) is 0 Å². The van der Waals surface area contributed by atoms with Gasteiger partial charge in [-0.2, -0.15) is 0 Å². The molecule has 0 aliphatic rings. The molecule has 0 radical (unpaired) electrons. The monoisotopic (exact) mass is 211 g/mol. The fourth-order valence-electron chi connectivity index (χ4n) is 1.34. The molecule has 1 N–H and O–H groups in total. The third-order valence-electron chi connectivity index (χ3n) is 2.12. The minimum Gasteiger partial charge on any atom is -0.496 e. The number of methoxy groups -OCH3 is 1. The van der Waals surface area contributed by atoms with Crippen LogP contribution >= 0.6 is 0 Å². The molecule has 0 atom stereocenters. The quantitative estimate of drug-likeness (QED) is 0.768. The number of ether oxygens (including phenoxy) is 1. The van der Waals surface area contributed by atoms with Crippen LogP contribution in [0.5, 0.6) is 5.75 Å². The van der Waals surface area contributed by atoms with Gasteiger partial charge in [0.25, 0.3) is 0 Å². The number of benzene rings is 1. The van der Waals surface area contributed by atoms with E-state index in [1.807, 2.05) is 0 Å². The van der Waals surface area contributed by atoms with Gasteiger partial charge in [-0.15, -0.1) is 0 Å². The molecule has 0 saturated heterocycles. The van der Waals surface area contributed by atoms with Crippen LogP contribution in [0.2, 0.25) is 0 Å². The maximum Gasteiger partial charge on any atom is 0.179 e. The van der Waals surface area contributed by atoms with Crippen molar-refractivity contribution in [1.82, 2.24) is 5.32 Å². The Bertz CT molecular complexity index is 377. The van der Waals surface area contributed by atoms with Crippen molar-refractivity contribution in [1.29, 1.82) is 0 Å². The summed E-state index contributed by atoms with van der Waals surface area (Å²) in [7, 11) is 3.13. The van der Waals surface area contributed by atoms with Gasteiger partial charge in [-0.1, -0.05) is 0 Å². The van der Waals surface area contributed by atoms with Crippen molar-refractivity contribution in [3.05, 3.63) is 29.1 Å². The number of Topliss-reactive ketones (excluding diaryl/α,β-unsaturated/α-hetero) is 1. The Morgan fingerprint density at radius 2 is 2.20 bits per heavy atom. The van der Waals surface area contributed by atoms with E-state index in [9.17, 15) is 9.18 Å². The van der Waals surface area contributed by atoms with Crippen molar-refractivity contribution in [2.45, 2.75) is 6.92 Å². The number of hydrogen-bond donors (Lipinski definition) is 1. The summed E-state index contributed by atoms with van der Waals surface area (Å²) < 4.78 is 18.5. The van der Waals surface area contributed by atoms with Gasteiger partial charge in [0.2, 0.25) is 0 Å². The second-order valence-corrected chi connectivity index (χ2v) is 3.26. The van der Waals surface area contributed by atoms with Crippen LogP contribution in [0.15, 0.2) is 12.1 Å². The molecule has 1 rings (SSSR count). The molecule has 4 heteroatoms. The van der Waals surface area contributed by atoms with E-state index in [4.69, 9.17) is 4.74 Å². The average Bonchev–Trinajstić information content (AvgIpc) is 2.18. The summed E-state index contributed by atoms with van der Waals surface area (Å²) in [6, 6.07) is 2.74. The maximum absolute atomic E-state index is 13.4. The van der Waals surface area contributed by atoms with Crippen molar-refractivity contribution in [3.8, 4) is 5.75 Å². The van der Waals surface area contributed by atoms with Crippen LogP contribution in [0.4, 0.5) is 4.39 Å². The molecule has 0 aliphatic carbocycles. The molecule has 0 saturated carbocycles. The van der Waals surface area contributed by atoms with Gasteiger partial charge in [0, 0.05) is 0 Å². The van der Waals surface area contributed by atoms with E-state index in [-0.39, 0.29) is 17.9 Å². The van der Waals surface area contributed by atoms with Gasteiger partial charge in [-0.05, 0) is 31.7 Å². The number of aryl methyl sites for hydroxylation is 1. The van der Waals surface area contributed by atoms with Crippen LogP contribution in [0.1, 0.15) is 15.9 Å². The van der Waals surface area contributed by atoms with Gasteiger partial charge >= 0.3 is 0 Å². The summed E-state index contributed by atoms with van der Waals surface area (Å²) in [5, 5.41) is 2.69. The number of hydrogen-bond acceptors (Lipinski definition) is 3. The number of ketones is 1. The molecular weight excluding hydrogens is 197 g/mol. The van der Waals surface area contributed by atoms with E-state index in [0.717, 1.165) is 0 Å². The van der Waals surface area contributed by atoms with E-state index >= 15 is 0 Å². The van der Waals surface area contributed by atoms with Crippen molar-refractivity contribution >= 4 is 5.78 Å². The zero-order valence-electron chi connectivity index (χ0n) is 9.06. The Kier molecular flexibility index (Phi) is 3.80. The van der Waals surface area contributed by atoms with Crippen LogP contribution in [0.25, 0.3) is 0 Å². The molecule has 0 unspecified atom stereocenters. The van der Waals surface area contributed by atoms with Crippen LogP contribution in [-0.4, -0.2) is 26.5 Å². The Morgan fingerprint density at radius 1 is 1.53 bits per heavy atom. The summed E-state index contributed by atoms with van der Waals surface area (Å²) in [4.78, 5) is 11.5. The predicted octanol–water partition coefficient (Wildman–Crippen LogP) is 1.54. The van der Waals surface area contributed by atoms with Crippen LogP contribution in [0.3, 0.4) is 0 Å². The first-order chi connectivity index (χ1) is 7.10. The first kappa shape index (κ1) is 11.7. The van der Waals surface area contributed by atoms with E-state index < -0.39 is 5.82 Å².